The number of allylic oxidation sites excluding steroid dienone is 1. The van der Waals surface area contributed by atoms with E-state index >= 15 is 0 Å². The van der Waals surface area contributed by atoms with Gasteiger partial charge in [-0.25, -0.2) is 4.79 Å². The molecule has 0 unspecified atom stereocenters. The second-order valence-corrected chi connectivity index (χ2v) is 7.18. The number of ether oxygens (including phenoxy) is 1. The first kappa shape index (κ1) is 23.0. The Morgan fingerprint density at radius 1 is 1.03 bits per heavy atom. The Kier molecular flexibility index (Phi) is 8.00. The molecule has 2 aromatic carbocycles. The number of benzene rings is 2. The summed E-state index contributed by atoms with van der Waals surface area (Å²) in [6.45, 7) is 0.840. The third kappa shape index (κ3) is 5.95. The topological polar surface area (TPSA) is 75.6 Å². The molecular formula is C25H25ClN4O2. The lowest BCUT2D eigenvalue weighted by Gasteiger charge is -2.16. The van der Waals surface area contributed by atoms with E-state index in [2.05, 4.69) is 21.7 Å². The van der Waals surface area contributed by atoms with Gasteiger partial charge in [0, 0.05) is 41.9 Å². The summed E-state index contributed by atoms with van der Waals surface area (Å²) in [4.78, 5) is 21.2. The summed E-state index contributed by atoms with van der Waals surface area (Å²) in [5.74, 6) is 0.687. The first-order chi connectivity index (χ1) is 15.2. The molecule has 1 aromatic heterocycles. The maximum atomic E-state index is 12.3. The molecule has 4 rings (SSSR count). The zero-order valence-corrected chi connectivity index (χ0v) is 18.6. The molecule has 164 valence electrons. The molecule has 2 N–H and O–H groups in total. The highest BCUT2D eigenvalue weighted by Crippen LogP contribution is 2.23. The summed E-state index contributed by atoms with van der Waals surface area (Å²) in [6.07, 6.45) is 7.81. The van der Waals surface area contributed by atoms with Crippen molar-refractivity contribution in [2.24, 2.45) is 4.99 Å². The third-order valence-corrected chi connectivity index (χ3v) is 4.95. The van der Waals surface area contributed by atoms with Crippen LogP contribution in [-0.2, 0) is 0 Å². The average Bonchev–Trinajstić information content (AvgIpc) is 2.81. The van der Waals surface area contributed by atoms with Gasteiger partial charge in [-0.15, -0.1) is 12.4 Å². The number of anilines is 2. The minimum atomic E-state index is -0.308. The van der Waals surface area contributed by atoms with Crippen LogP contribution in [-0.4, -0.2) is 30.4 Å². The Hall–Kier alpha value is -3.64. The molecule has 1 aliphatic heterocycles. The molecule has 3 aromatic rings. The van der Waals surface area contributed by atoms with Crippen LogP contribution < -0.4 is 15.4 Å². The molecule has 1 aliphatic rings. The standard InChI is InChI=1S/C25H24N4O2.ClH/c1-31-23-8-2-7-22(16-23)29-25(30)28-21-11-9-18(10-12-21)15-19-5-4-14-27-24(19)20-6-3-13-26-17-20;/h2-3,6-13,15-17H,4-5,14H2,1H3,(H2,28,29,30);1H/b19-15+;. The highest BCUT2D eigenvalue weighted by Gasteiger charge is 2.14. The van der Waals surface area contributed by atoms with Gasteiger partial charge in [-0.3, -0.25) is 9.98 Å². The number of pyridine rings is 1. The van der Waals surface area contributed by atoms with E-state index in [1.54, 1.807) is 19.4 Å². The van der Waals surface area contributed by atoms with Gasteiger partial charge in [-0.2, -0.15) is 0 Å². The van der Waals surface area contributed by atoms with Crippen molar-refractivity contribution >= 4 is 41.6 Å². The summed E-state index contributed by atoms with van der Waals surface area (Å²) >= 11 is 0. The number of carbonyl (C=O) groups excluding carboxylic acids is 1. The van der Waals surface area contributed by atoms with E-state index < -0.39 is 0 Å². The molecule has 2 amide bonds. The van der Waals surface area contributed by atoms with Crippen LogP contribution in [0.15, 0.2) is 83.6 Å². The summed E-state index contributed by atoms with van der Waals surface area (Å²) < 4.78 is 5.18. The smallest absolute Gasteiger partial charge is 0.323 e. The van der Waals surface area contributed by atoms with Crippen LogP contribution in [0.5, 0.6) is 5.75 Å². The fourth-order valence-electron chi connectivity index (χ4n) is 3.46. The third-order valence-electron chi connectivity index (χ3n) is 4.95. The lowest BCUT2D eigenvalue weighted by atomic mass is 9.95. The van der Waals surface area contributed by atoms with Crippen molar-refractivity contribution < 1.29 is 9.53 Å². The average molecular weight is 449 g/mol. The van der Waals surface area contributed by atoms with Crippen LogP contribution in [0.1, 0.15) is 24.0 Å². The number of aromatic nitrogens is 1. The van der Waals surface area contributed by atoms with E-state index in [1.165, 1.54) is 5.57 Å². The number of halogens is 1. The molecule has 0 spiro atoms. The number of aliphatic imine (C=N–C) groups is 1. The molecule has 0 aliphatic carbocycles. The highest BCUT2D eigenvalue weighted by atomic mass is 35.5. The van der Waals surface area contributed by atoms with Gasteiger partial charge >= 0.3 is 6.03 Å². The van der Waals surface area contributed by atoms with Gasteiger partial charge in [0.05, 0.1) is 12.8 Å². The number of urea groups is 1. The van der Waals surface area contributed by atoms with E-state index in [0.29, 0.717) is 17.1 Å². The lowest BCUT2D eigenvalue weighted by molar-refractivity contribution is 0.262. The Bertz CT molecular complexity index is 1110. The molecule has 0 fully saturated rings. The number of hydrogen-bond acceptors (Lipinski definition) is 4. The monoisotopic (exact) mass is 448 g/mol. The number of nitrogens with one attached hydrogen (secondary N) is 2. The second-order valence-electron chi connectivity index (χ2n) is 7.18. The number of methoxy groups -OCH3 is 1. The van der Waals surface area contributed by atoms with E-state index in [1.807, 2.05) is 60.8 Å². The zero-order chi connectivity index (χ0) is 21.5. The molecule has 0 radical (unpaired) electrons. The molecule has 0 bridgehead atoms. The van der Waals surface area contributed by atoms with Crippen molar-refractivity contribution in [2.45, 2.75) is 12.8 Å². The van der Waals surface area contributed by atoms with Gasteiger partial charge in [0.15, 0.2) is 0 Å². The minimum Gasteiger partial charge on any atom is -0.497 e. The second kappa shape index (κ2) is 11.1. The Morgan fingerprint density at radius 3 is 2.59 bits per heavy atom. The number of hydrogen-bond donors (Lipinski definition) is 2. The normalized spacial score (nSPS) is 14.2. The summed E-state index contributed by atoms with van der Waals surface area (Å²) in [5.41, 5.74) is 5.70. The van der Waals surface area contributed by atoms with Crippen molar-refractivity contribution in [2.75, 3.05) is 24.3 Å². The van der Waals surface area contributed by atoms with Crippen LogP contribution in [0.4, 0.5) is 16.2 Å². The minimum absolute atomic E-state index is 0. The van der Waals surface area contributed by atoms with Crippen molar-refractivity contribution in [1.82, 2.24) is 4.98 Å². The Balaban J connectivity index is 0.00000289. The van der Waals surface area contributed by atoms with Crippen molar-refractivity contribution in [1.29, 1.82) is 0 Å². The fraction of sp³-hybridized carbons (Fsp3) is 0.160. The first-order valence-corrected chi connectivity index (χ1v) is 10.2. The van der Waals surface area contributed by atoms with E-state index in [4.69, 9.17) is 9.73 Å². The van der Waals surface area contributed by atoms with Crippen LogP contribution in [0, 0.1) is 0 Å². The Morgan fingerprint density at radius 2 is 1.84 bits per heavy atom. The maximum Gasteiger partial charge on any atom is 0.323 e. The quantitative estimate of drug-likeness (QED) is 0.516. The predicted octanol–water partition coefficient (Wildman–Crippen LogP) is 5.82. The van der Waals surface area contributed by atoms with Gasteiger partial charge in [0.25, 0.3) is 0 Å². The lowest BCUT2D eigenvalue weighted by Crippen LogP contribution is -2.19. The molecule has 32 heavy (non-hydrogen) atoms. The molecule has 0 saturated heterocycles. The van der Waals surface area contributed by atoms with Crippen LogP contribution >= 0.6 is 12.4 Å². The van der Waals surface area contributed by atoms with Crippen molar-refractivity contribution in [3.8, 4) is 5.75 Å². The first-order valence-electron chi connectivity index (χ1n) is 10.2. The van der Waals surface area contributed by atoms with Gasteiger partial charge in [-0.1, -0.05) is 18.2 Å². The van der Waals surface area contributed by atoms with Crippen molar-refractivity contribution in [3.05, 3.63) is 89.8 Å². The van der Waals surface area contributed by atoms with Crippen LogP contribution in [0.3, 0.4) is 0 Å². The van der Waals surface area contributed by atoms with E-state index in [-0.39, 0.29) is 18.4 Å². The number of nitrogens with zero attached hydrogens (tertiary/aromatic N) is 2. The molecule has 2 heterocycles. The molecule has 6 nitrogen and oxygen atoms in total. The summed E-state index contributed by atoms with van der Waals surface area (Å²) in [6, 6.07) is 18.6. The summed E-state index contributed by atoms with van der Waals surface area (Å²) in [7, 11) is 1.59. The predicted molar refractivity (Wildman–Crippen MR) is 132 cm³/mol. The highest BCUT2D eigenvalue weighted by molar-refractivity contribution is 6.15. The number of carbonyl (C=O) groups is 1. The Labute approximate surface area is 193 Å². The van der Waals surface area contributed by atoms with Gasteiger partial charge < -0.3 is 15.4 Å². The molecule has 0 saturated carbocycles. The van der Waals surface area contributed by atoms with Gasteiger partial charge in [-0.05, 0) is 66.5 Å². The van der Waals surface area contributed by atoms with Gasteiger partial charge in [0.1, 0.15) is 5.75 Å². The van der Waals surface area contributed by atoms with Crippen molar-refractivity contribution in [3.63, 3.8) is 0 Å². The maximum absolute atomic E-state index is 12.3. The fourth-order valence-corrected chi connectivity index (χ4v) is 3.46. The SMILES string of the molecule is COc1cccc(NC(=O)Nc2ccc(/C=C3\CCCN=C3c3cccnc3)cc2)c1.Cl. The van der Waals surface area contributed by atoms with Crippen LogP contribution in [0.25, 0.3) is 6.08 Å². The van der Waals surface area contributed by atoms with E-state index in [9.17, 15) is 4.79 Å². The molecule has 0 atom stereocenters. The number of amides is 2. The molecule has 7 heteroatoms. The summed E-state index contributed by atoms with van der Waals surface area (Å²) in [5, 5.41) is 5.66. The van der Waals surface area contributed by atoms with E-state index in [0.717, 1.165) is 36.2 Å². The largest absolute Gasteiger partial charge is 0.497 e. The molecular weight excluding hydrogens is 424 g/mol. The van der Waals surface area contributed by atoms with Gasteiger partial charge in [0.2, 0.25) is 0 Å². The zero-order valence-electron chi connectivity index (χ0n) is 17.7. The number of rotatable bonds is 5. The van der Waals surface area contributed by atoms with Crippen LogP contribution in [0.2, 0.25) is 0 Å².